The minimum atomic E-state index is 0. The number of halogens is 1. The Morgan fingerprint density at radius 1 is 1.40 bits per heavy atom. The molecular weight excluding hydrogens is 212 g/mol. The average Bonchev–Trinajstić information content (AvgIpc) is 2.06. The Morgan fingerprint density at radius 3 is 2.60 bits per heavy atom. The Hall–Kier alpha value is 0.170. The van der Waals surface area contributed by atoms with E-state index >= 15 is 0 Å². The lowest BCUT2D eigenvalue weighted by Crippen LogP contribution is -2.49. The molecule has 3 nitrogen and oxygen atoms in total. The van der Waals surface area contributed by atoms with Crippen LogP contribution in [-0.2, 0) is 4.74 Å². The predicted octanol–water partition coefficient (Wildman–Crippen LogP) is 1.50. The molecule has 15 heavy (non-hydrogen) atoms. The molecule has 1 fully saturated rings. The van der Waals surface area contributed by atoms with Gasteiger partial charge in [0.15, 0.2) is 0 Å². The number of nitrogens with two attached hydrogens (primary N) is 1. The molecule has 92 valence electrons. The molecule has 1 aliphatic rings. The van der Waals surface area contributed by atoms with Crippen LogP contribution in [0.25, 0.3) is 0 Å². The first kappa shape index (κ1) is 15.2. The molecule has 2 unspecified atom stereocenters. The van der Waals surface area contributed by atoms with Gasteiger partial charge in [0.25, 0.3) is 0 Å². The Bertz CT molecular complexity index is 147. The van der Waals surface area contributed by atoms with Crippen LogP contribution >= 0.6 is 12.4 Å². The smallest absolute Gasteiger partial charge is 0.0622 e. The second-order valence-corrected chi connectivity index (χ2v) is 4.83. The number of rotatable bonds is 4. The summed E-state index contributed by atoms with van der Waals surface area (Å²) >= 11 is 0. The van der Waals surface area contributed by atoms with Gasteiger partial charge in [-0.25, -0.2) is 0 Å². The van der Waals surface area contributed by atoms with E-state index < -0.39 is 0 Å². The van der Waals surface area contributed by atoms with E-state index in [2.05, 4.69) is 25.7 Å². The third-order valence-corrected chi connectivity index (χ3v) is 2.62. The maximum Gasteiger partial charge on any atom is 0.0622 e. The molecule has 2 atom stereocenters. The Kier molecular flexibility index (Phi) is 7.53. The maximum atomic E-state index is 5.83. The minimum absolute atomic E-state index is 0. The summed E-state index contributed by atoms with van der Waals surface area (Å²) < 4.78 is 5.51. The summed E-state index contributed by atoms with van der Waals surface area (Å²) in [5, 5.41) is 0. The highest BCUT2D eigenvalue weighted by atomic mass is 35.5. The van der Waals surface area contributed by atoms with E-state index in [9.17, 15) is 0 Å². The van der Waals surface area contributed by atoms with Crippen molar-refractivity contribution >= 4 is 12.4 Å². The molecule has 0 amide bonds. The Morgan fingerprint density at radius 2 is 2.07 bits per heavy atom. The fraction of sp³-hybridized carbons (Fsp3) is 1.00. The highest BCUT2D eigenvalue weighted by Crippen LogP contribution is 2.15. The molecule has 0 saturated carbocycles. The Labute approximate surface area is 99.7 Å². The van der Waals surface area contributed by atoms with Crippen LogP contribution in [0.4, 0.5) is 0 Å². The van der Waals surface area contributed by atoms with E-state index in [0.717, 1.165) is 32.2 Å². The topological polar surface area (TPSA) is 38.5 Å². The molecule has 0 aromatic carbocycles. The molecule has 4 heteroatoms. The minimum Gasteiger partial charge on any atom is -0.378 e. The standard InChI is InChI=1S/C11H24N2O.ClH/c1-9(2)6-11-8-14-5-4-13(11)7-10(3)12;/h9-11H,4-8,12H2,1-3H3;1H. The third-order valence-electron chi connectivity index (χ3n) is 2.62. The van der Waals surface area contributed by atoms with Crippen molar-refractivity contribution < 1.29 is 4.74 Å². The Balaban J connectivity index is 0.00000196. The second-order valence-electron chi connectivity index (χ2n) is 4.83. The molecule has 1 aliphatic heterocycles. The monoisotopic (exact) mass is 236 g/mol. The van der Waals surface area contributed by atoms with E-state index in [1.54, 1.807) is 0 Å². The van der Waals surface area contributed by atoms with Gasteiger partial charge in [-0.3, -0.25) is 4.90 Å². The molecule has 0 aliphatic carbocycles. The SMILES string of the molecule is CC(C)CC1COCCN1CC(C)N.Cl. The van der Waals surface area contributed by atoms with Gasteiger partial charge < -0.3 is 10.5 Å². The van der Waals surface area contributed by atoms with Gasteiger partial charge in [-0.1, -0.05) is 13.8 Å². The highest BCUT2D eigenvalue weighted by molar-refractivity contribution is 5.85. The zero-order valence-electron chi connectivity index (χ0n) is 10.1. The average molecular weight is 237 g/mol. The van der Waals surface area contributed by atoms with Crippen LogP contribution in [0, 0.1) is 5.92 Å². The largest absolute Gasteiger partial charge is 0.378 e. The van der Waals surface area contributed by atoms with Gasteiger partial charge in [0.1, 0.15) is 0 Å². The first-order valence-electron chi connectivity index (χ1n) is 5.67. The van der Waals surface area contributed by atoms with E-state index in [1.165, 1.54) is 6.42 Å². The van der Waals surface area contributed by atoms with Crippen molar-refractivity contribution in [3.8, 4) is 0 Å². The number of hydrogen-bond donors (Lipinski definition) is 1. The summed E-state index contributed by atoms with van der Waals surface area (Å²) in [7, 11) is 0. The van der Waals surface area contributed by atoms with Gasteiger partial charge in [-0.05, 0) is 19.3 Å². The lowest BCUT2D eigenvalue weighted by molar-refractivity contribution is -0.0161. The molecule has 1 rings (SSSR count). The van der Waals surface area contributed by atoms with Crippen LogP contribution in [0.3, 0.4) is 0 Å². The van der Waals surface area contributed by atoms with Crippen LogP contribution < -0.4 is 5.73 Å². The highest BCUT2D eigenvalue weighted by Gasteiger charge is 2.23. The summed E-state index contributed by atoms with van der Waals surface area (Å²) in [5.41, 5.74) is 5.83. The van der Waals surface area contributed by atoms with E-state index in [4.69, 9.17) is 10.5 Å². The molecule has 0 aromatic rings. The summed E-state index contributed by atoms with van der Waals surface area (Å²) in [6.07, 6.45) is 1.22. The maximum absolute atomic E-state index is 5.83. The van der Waals surface area contributed by atoms with Gasteiger partial charge in [0.05, 0.1) is 13.2 Å². The van der Waals surface area contributed by atoms with Crippen molar-refractivity contribution in [1.82, 2.24) is 4.90 Å². The number of ether oxygens (including phenoxy) is 1. The molecule has 1 heterocycles. The quantitative estimate of drug-likeness (QED) is 0.804. The molecule has 0 aromatic heterocycles. The molecule has 0 bridgehead atoms. The normalized spacial score (nSPS) is 25.0. The first-order valence-corrected chi connectivity index (χ1v) is 5.67. The third kappa shape index (κ3) is 5.71. The van der Waals surface area contributed by atoms with Crippen LogP contribution in [0.2, 0.25) is 0 Å². The zero-order chi connectivity index (χ0) is 10.6. The predicted molar refractivity (Wildman–Crippen MR) is 66.5 cm³/mol. The fourth-order valence-electron chi connectivity index (χ4n) is 2.06. The second kappa shape index (κ2) is 7.44. The summed E-state index contributed by atoms with van der Waals surface area (Å²) in [6.45, 7) is 10.4. The van der Waals surface area contributed by atoms with Gasteiger partial charge in [0.2, 0.25) is 0 Å². The van der Waals surface area contributed by atoms with Crippen molar-refractivity contribution in [3.63, 3.8) is 0 Å². The van der Waals surface area contributed by atoms with Gasteiger partial charge in [-0.15, -0.1) is 12.4 Å². The molecule has 0 spiro atoms. The van der Waals surface area contributed by atoms with E-state index in [1.807, 2.05) is 0 Å². The fourth-order valence-corrected chi connectivity index (χ4v) is 2.06. The lowest BCUT2D eigenvalue weighted by Gasteiger charge is -2.37. The number of morpholine rings is 1. The van der Waals surface area contributed by atoms with Gasteiger partial charge in [-0.2, -0.15) is 0 Å². The molecule has 0 radical (unpaired) electrons. The summed E-state index contributed by atoms with van der Waals surface area (Å²) in [4.78, 5) is 2.48. The van der Waals surface area contributed by atoms with E-state index in [-0.39, 0.29) is 18.4 Å². The number of hydrogen-bond acceptors (Lipinski definition) is 3. The number of nitrogens with zero attached hydrogens (tertiary/aromatic N) is 1. The lowest BCUT2D eigenvalue weighted by atomic mass is 10.0. The van der Waals surface area contributed by atoms with Crippen molar-refractivity contribution in [1.29, 1.82) is 0 Å². The van der Waals surface area contributed by atoms with Crippen LogP contribution in [0.15, 0.2) is 0 Å². The summed E-state index contributed by atoms with van der Waals surface area (Å²) in [6, 6.07) is 0.845. The van der Waals surface area contributed by atoms with Crippen molar-refractivity contribution in [2.24, 2.45) is 11.7 Å². The molecular formula is C11H25ClN2O. The van der Waals surface area contributed by atoms with Gasteiger partial charge in [0, 0.05) is 25.2 Å². The van der Waals surface area contributed by atoms with Crippen LogP contribution in [-0.4, -0.2) is 43.3 Å². The van der Waals surface area contributed by atoms with Crippen LogP contribution in [0.5, 0.6) is 0 Å². The summed E-state index contributed by atoms with van der Waals surface area (Å²) in [5.74, 6) is 0.734. The van der Waals surface area contributed by atoms with Crippen molar-refractivity contribution in [2.45, 2.75) is 39.3 Å². The zero-order valence-corrected chi connectivity index (χ0v) is 10.9. The first-order chi connectivity index (χ1) is 6.59. The van der Waals surface area contributed by atoms with Crippen molar-refractivity contribution in [3.05, 3.63) is 0 Å². The van der Waals surface area contributed by atoms with Crippen LogP contribution in [0.1, 0.15) is 27.2 Å². The molecule has 1 saturated heterocycles. The van der Waals surface area contributed by atoms with Crippen molar-refractivity contribution in [2.75, 3.05) is 26.3 Å². The molecule has 2 N–H and O–H groups in total. The van der Waals surface area contributed by atoms with Gasteiger partial charge >= 0.3 is 0 Å². The van der Waals surface area contributed by atoms with E-state index in [0.29, 0.717) is 6.04 Å².